The van der Waals surface area contributed by atoms with Crippen molar-refractivity contribution < 1.29 is 9.84 Å². The van der Waals surface area contributed by atoms with E-state index in [4.69, 9.17) is 9.84 Å². The molecule has 18 heavy (non-hydrogen) atoms. The van der Waals surface area contributed by atoms with Gasteiger partial charge in [0.05, 0.1) is 19.3 Å². The first-order chi connectivity index (χ1) is 8.81. The first kappa shape index (κ1) is 13.5. The summed E-state index contributed by atoms with van der Waals surface area (Å²) in [5.41, 5.74) is 2.67. The van der Waals surface area contributed by atoms with Crippen LogP contribution >= 0.6 is 0 Å². The molecule has 0 amide bonds. The molecule has 0 saturated carbocycles. The minimum atomic E-state index is 0.287. The smallest absolute Gasteiger partial charge is 0.0721 e. The summed E-state index contributed by atoms with van der Waals surface area (Å²) in [6.07, 6.45) is 2.17. The number of rotatable bonds is 6. The summed E-state index contributed by atoms with van der Waals surface area (Å²) in [6.45, 7) is 4.84. The van der Waals surface area contributed by atoms with E-state index in [2.05, 4.69) is 36.5 Å². The summed E-state index contributed by atoms with van der Waals surface area (Å²) in [5.74, 6) is 0.404. The van der Waals surface area contributed by atoms with Gasteiger partial charge in [-0.15, -0.1) is 0 Å². The molecule has 0 spiro atoms. The summed E-state index contributed by atoms with van der Waals surface area (Å²) in [6, 6.07) is 8.79. The van der Waals surface area contributed by atoms with Crippen molar-refractivity contribution in [1.82, 2.24) is 5.32 Å². The van der Waals surface area contributed by atoms with Crippen molar-refractivity contribution in [1.29, 1.82) is 0 Å². The minimum absolute atomic E-state index is 0.287. The fraction of sp³-hybridized carbons (Fsp3) is 0.600. The molecule has 1 aromatic carbocycles. The van der Waals surface area contributed by atoms with Gasteiger partial charge < -0.3 is 15.2 Å². The number of hydrogen-bond donors (Lipinski definition) is 2. The zero-order valence-electron chi connectivity index (χ0n) is 11.1. The van der Waals surface area contributed by atoms with Crippen molar-refractivity contribution in [2.24, 2.45) is 5.92 Å². The number of aliphatic hydroxyl groups is 1. The highest BCUT2D eigenvalue weighted by Gasteiger charge is 2.19. The van der Waals surface area contributed by atoms with Crippen LogP contribution in [0.4, 0.5) is 0 Å². The molecule has 2 N–H and O–H groups in total. The summed E-state index contributed by atoms with van der Waals surface area (Å²) in [7, 11) is 0. The van der Waals surface area contributed by atoms with E-state index in [1.807, 2.05) is 0 Å². The molecule has 1 aromatic rings. The Kier molecular flexibility index (Phi) is 5.17. The van der Waals surface area contributed by atoms with Crippen molar-refractivity contribution in [2.45, 2.75) is 32.4 Å². The molecule has 0 radical (unpaired) electrons. The number of benzene rings is 1. The molecule has 100 valence electrons. The van der Waals surface area contributed by atoms with Crippen molar-refractivity contribution in [3.8, 4) is 0 Å². The lowest BCUT2D eigenvalue weighted by molar-refractivity contribution is 0.0819. The van der Waals surface area contributed by atoms with Crippen molar-refractivity contribution >= 4 is 0 Å². The number of fused-ring (bicyclic) bond motifs is 1. The normalized spacial score (nSPS) is 20.4. The molecule has 2 atom stereocenters. The van der Waals surface area contributed by atoms with Crippen LogP contribution in [0.5, 0.6) is 0 Å². The van der Waals surface area contributed by atoms with Gasteiger partial charge in [-0.2, -0.15) is 0 Å². The molecule has 1 aliphatic heterocycles. The Hall–Kier alpha value is -0.900. The predicted octanol–water partition coefficient (Wildman–Crippen LogP) is 2.26. The maximum atomic E-state index is 8.97. The van der Waals surface area contributed by atoms with Crippen LogP contribution in [0.1, 0.15) is 36.9 Å². The lowest BCUT2D eigenvalue weighted by Crippen LogP contribution is -2.30. The van der Waals surface area contributed by atoms with Crippen LogP contribution in [0.15, 0.2) is 24.3 Å². The van der Waals surface area contributed by atoms with E-state index in [1.165, 1.54) is 11.1 Å². The zero-order chi connectivity index (χ0) is 12.8. The van der Waals surface area contributed by atoms with E-state index in [0.717, 1.165) is 32.6 Å². The highest BCUT2D eigenvalue weighted by Crippen LogP contribution is 2.24. The van der Waals surface area contributed by atoms with Crippen LogP contribution < -0.4 is 5.32 Å². The van der Waals surface area contributed by atoms with Crippen LogP contribution in [0.25, 0.3) is 0 Å². The summed E-state index contributed by atoms with van der Waals surface area (Å²) >= 11 is 0. The molecule has 2 unspecified atom stereocenters. The average Bonchev–Trinajstić information content (AvgIpc) is 2.43. The molecule has 0 aromatic heterocycles. The van der Waals surface area contributed by atoms with Gasteiger partial charge in [0, 0.05) is 6.61 Å². The van der Waals surface area contributed by atoms with Gasteiger partial charge in [-0.25, -0.2) is 0 Å². The average molecular weight is 249 g/mol. The number of hydrogen-bond acceptors (Lipinski definition) is 3. The Morgan fingerprint density at radius 1 is 1.44 bits per heavy atom. The second-order valence-corrected chi connectivity index (χ2v) is 5.15. The molecule has 0 saturated heterocycles. The van der Waals surface area contributed by atoms with Crippen LogP contribution in [0, 0.1) is 5.92 Å². The second-order valence-electron chi connectivity index (χ2n) is 5.15. The molecule has 0 fully saturated rings. The molecular weight excluding hydrogens is 226 g/mol. The Balaban J connectivity index is 1.81. The molecule has 3 heteroatoms. The zero-order valence-corrected chi connectivity index (χ0v) is 11.1. The largest absolute Gasteiger partial charge is 0.396 e. The van der Waals surface area contributed by atoms with Crippen molar-refractivity contribution in [3.63, 3.8) is 0 Å². The fourth-order valence-electron chi connectivity index (χ4n) is 2.37. The van der Waals surface area contributed by atoms with E-state index in [1.54, 1.807) is 0 Å². The summed E-state index contributed by atoms with van der Waals surface area (Å²) in [4.78, 5) is 0. The van der Waals surface area contributed by atoms with E-state index in [0.29, 0.717) is 12.0 Å². The molecule has 0 aliphatic carbocycles. The minimum Gasteiger partial charge on any atom is -0.396 e. The SMILES string of the molecule is CC(CO)CCCNC1COCc2ccccc21. The highest BCUT2D eigenvalue weighted by molar-refractivity contribution is 5.30. The molecule has 2 rings (SSSR count). The number of ether oxygens (including phenoxy) is 1. The topological polar surface area (TPSA) is 41.5 Å². The quantitative estimate of drug-likeness (QED) is 0.760. The van der Waals surface area contributed by atoms with Crippen LogP contribution in [0.2, 0.25) is 0 Å². The second kappa shape index (κ2) is 6.88. The van der Waals surface area contributed by atoms with Gasteiger partial charge in [0.15, 0.2) is 0 Å². The molecule has 3 nitrogen and oxygen atoms in total. The molecular formula is C15H23NO2. The lowest BCUT2D eigenvalue weighted by atomic mass is 9.99. The van der Waals surface area contributed by atoms with Gasteiger partial charge in [0.2, 0.25) is 0 Å². The Labute approximate surface area is 109 Å². The van der Waals surface area contributed by atoms with E-state index >= 15 is 0 Å². The van der Waals surface area contributed by atoms with Gasteiger partial charge in [-0.05, 0) is 36.4 Å². The Morgan fingerprint density at radius 3 is 3.11 bits per heavy atom. The van der Waals surface area contributed by atoms with Crippen LogP contribution in [-0.4, -0.2) is 24.9 Å². The van der Waals surface area contributed by atoms with Crippen molar-refractivity contribution in [3.05, 3.63) is 35.4 Å². The Morgan fingerprint density at radius 2 is 2.28 bits per heavy atom. The van der Waals surface area contributed by atoms with E-state index in [-0.39, 0.29) is 6.61 Å². The van der Waals surface area contributed by atoms with Gasteiger partial charge in [0.25, 0.3) is 0 Å². The maximum absolute atomic E-state index is 8.97. The van der Waals surface area contributed by atoms with E-state index in [9.17, 15) is 0 Å². The standard InChI is InChI=1S/C15H23NO2/c1-12(9-17)5-4-8-16-15-11-18-10-13-6-2-3-7-14(13)15/h2-3,6-7,12,15-17H,4-5,8-11H2,1H3. The monoisotopic (exact) mass is 249 g/mol. The molecule has 1 aliphatic rings. The number of nitrogens with one attached hydrogen (secondary N) is 1. The molecule has 0 bridgehead atoms. The Bertz CT molecular complexity index is 367. The van der Waals surface area contributed by atoms with Gasteiger partial charge in [-0.3, -0.25) is 0 Å². The van der Waals surface area contributed by atoms with Gasteiger partial charge >= 0.3 is 0 Å². The summed E-state index contributed by atoms with van der Waals surface area (Å²) < 4.78 is 5.61. The lowest BCUT2D eigenvalue weighted by Gasteiger charge is -2.26. The first-order valence-electron chi connectivity index (χ1n) is 6.81. The summed E-state index contributed by atoms with van der Waals surface area (Å²) in [5, 5.41) is 12.5. The van der Waals surface area contributed by atoms with Crippen molar-refractivity contribution in [2.75, 3.05) is 19.8 Å². The van der Waals surface area contributed by atoms with Crippen LogP contribution in [-0.2, 0) is 11.3 Å². The third-order valence-electron chi connectivity index (χ3n) is 3.55. The third kappa shape index (κ3) is 3.55. The maximum Gasteiger partial charge on any atom is 0.0721 e. The highest BCUT2D eigenvalue weighted by atomic mass is 16.5. The number of aliphatic hydroxyl groups excluding tert-OH is 1. The van der Waals surface area contributed by atoms with Crippen LogP contribution in [0.3, 0.4) is 0 Å². The fourth-order valence-corrected chi connectivity index (χ4v) is 2.37. The predicted molar refractivity (Wildman–Crippen MR) is 72.3 cm³/mol. The third-order valence-corrected chi connectivity index (χ3v) is 3.55. The molecule has 1 heterocycles. The van der Waals surface area contributed by atoms with E-state index < -0.39 is 0 Å². The first-order valence-corrected chi connectivity index (χ1v) is 6.81. The van der Waals surface area contributed by atoms with Gasteiger partial charge in [-0.1, -0.05) is 31.2 Å². The van der Waals surface area contributed by atoms with Gasteiger partial charge in [0.1, 0.15) is 0 Å².